The van der Waals surface area contributed by atoms with Gasteiger partial charge in [0.05, 0.1) is 0 Å². The van der Waals surface area contributed by atoms with E-state index in [1.54, 1.807) is 6.07 Å². The molecule has 0 fully saturated rings. The molecule has 0 bridgehead atoms. The molecule has 1 aromatic rings. The zero-order valence-electron chi connectivity index (χ0n) is 9.97. The highest BCUT2D eigenvalue weighted by Gasteiger charge is 2.18. The number of sulfonamides is 1. The minimum atomic E-state index is -3.55. The molecular weight excluding hydrogens is 240 g/mol. The van der Waals surface area contributed by atoms with Crippen molar-refractivity contribution < 1.29 is 8.42 Å². The first-order chi connectivity index (χ1) is 7.97. The Kier molecular flexibility index (Phi) is 4.86. The first kappa shape index (κ1) is 13.9. The standard InChI is InChI=1S/C10H18N4O2S/c1-8(2)5-7-13-17(15,16)9-4-3-6-12-10(9)14-11/h3-4,6,8,13H,5,7,11H2,1-2H3,(H,12,14). The monoisotopic (exact) mass is 258 g/mol. The summed E-state index contributed by atoms with van der Waals surface area (Å²) in [6, 6.07) is 3.01. The molecule has 0 radical (unpaired) electrons. The summed E-state index contributed by atoms with van der Waals surface area (Å²) in [5, 5.41) is 0. The fraction of sp³-hybridized carbons (Fsp3) is 0.500. The Morgan fingerprint density at radius 2 is 2.18 bits per heavy atom. The molecule has 6 nitrogen and oxygen atoms in total. The summed E-state index contributed by atoms with van der Waals surface area (Å²) >= 11 is 0. The molecule has 0 saturated heterocycles. The minimum Gasteiger partial charge on any atom is -0.307 e. The molecule has 0 unspecified atom stereocenters. The van der Waals surface area contributed by atoms with E-state index in [-0.39, 0.29) is 10.7 Å². The van der Waals surface area contributed by atoms with Gasteiger partial charge in [-0.1, -0.05) is 13.8 Å². The van der Waals surface area contributed by atoms with Crippen LogP contribution in [0.2, 0.25) is 0 Å². The predicted octanol–water partition coefficient (Wildman–Crippen LogP) is 0.692. The molecule has 0 amide bonds. The molecule has 96 valence electrons. The fourth-order valence-electron chi connectivity index (χ4n) is 1.28. The van der Waals surface area contributed by atoms with Crippen molar-refractivity contribution in [2.45, 2.75) is 25.2 Å². The van der Waals surface area contributed by atoms with Gasteiger partial charge in [0, 0.05) is 12.7 Å². The lowest BCUT2D eigenvalue weighted by Crippen LogP contribution is -2.27. The van der Waals surface area contributed by atoms with Crippen molar-refractivity contribution in [1.82, 2.24) is 9.71 Å². The lowest BCUT2D eigenvalue weighted by molar-refractivity contribution is 0.551. The summed E-state index contributed by atoms with van der Waals surface area (Å²) in [5.41, 5.74) is 2.27. The number of nitrogens with one attached hydrogen (secondary N) is 2. The zero-order chi connectivity index (χ0) is 12.9. The lowest BCUT2D eigenvalue weighted by atomic mass is 10.1. The summed E-state index contributed by atoms with van der Waals surface area (Å²) in [4.78, 5) is 3.91. The first-order valence-corrected chi connectivity index (χ1v) is 6.87. The average Bonchev–Trinajstić information content (AvgIpc) is 2.28. The summed E-state index contributed by atoms with van der Waals surface area (Å²) in [6.07, 6.45) is 2.26. The quantitative estimate of drug-likeness (QED) is 0.515. The normalized spacial score (nSPS) is 11.8. The molecule has 17 heavy (non-hydrogen) atoms. The van der Waals surface area contributed by atoms with Crippen molar-refractivity contribution in [3.63, 3.8) is 0 Å². The van der Waals surface area contributed by atoms with Gasteiger partial charge in [-0.3, -0.25) is 0 Å². The molecule has 0 aliphatic rings. The third kappa shape index (κ3) is 3.95. The number of hydrogen-bond acceptors (Lipinski definition) is 5. The first-order valence-electron chi connectivity index (χ1n) is 5.38. The number of aromatic nitrogens is 1. The summed E-state index contributed by atoms with van der Waals surface area (Å²) in [5.74, 6) is 5.81. The Labute approximate surface area is 102 Å². The predicted molar refractivity (Wildman–Crippen MR) is 66.7 cm³/mol. The Balaban J connectivity index is 2.82. The van der Waals surface area contributed by atoms with E-state index >= 15 is 0 Å². The van der Waals surface area contributed by atoms with Gasteiger partial charge in [-0.25, -0.2) is 24.0 Å². The number of hydrogen-bond donors (Lipinski definition) is 3. The lowest BCUT2D eigenvalue weighted by Gasteiger charge is -2.10. The smallest absolute Gasteiger partial charge is 0.244 e. The molecule has 0 atom stereocenters. The van der Waals surface area contributed by atoms with Gasteiger partial charge in [0.1, 0.15) is 4.90 Å². The molecule has 1 rings (SSSR count). The van der Waals surface area contributed by atoms with Crippen molar-refractivity contribution in [2.75, 3.05) is 12.0 Å². The van der Waals surface area contributed by atoms with Gasteiger partial charge in [-0.2, -0.15) is 0 Å². The van der Waals surface area contributed by atoms with E-state index in [2.05, 4.69) is 15.1 Å². The second-order valence-corrected chi connectivity index (χ2v) is 5.81. The number of hydrazine groups is 1. The average molecular weight is 258 g/mol. The third-order valence-corrected chi connectivity index (χ3v) is 3.70. The molecule has 7 heteroatoms. The van der Waals surface area contributed by atoms with Gasteiger partial charge in [-0.15, -0.1) is 0 Å². The molecule has 1 aromatic heterocycles. The maximum atomic E-state index is 11.9. The van der Waals surface area contributed by atoms with E-state index < -0.39 is 10.0 Å². The third-order valence-electron chi connectivity index (χ3n) is 2.21. The Morgan fingerprint density at radius 1 is 1.47 bits per heavy atom. The highest BCUT2D eigenvalue weighted by atomic mass is 32.2. The van der Waals surface area contributed by atoms with Crippen LogP contribution in [0.25, 0.3) is 0 Å². The number of nitrogen functional groups attached to an aromatic ring is 1. The Bertz CT molecular complexity index is 459. The number of anilines is 1. The van der Waals surface area contributed by atoms with E-state index in [0.717, 1.165) is 6.42 Å². The van der Waals surface area contributed by atoms with Crippen LogP contribution < -0.4 is 16.0 Å². The van der Waals surface area contributed by atoms with Crippen molar-refractivity contribution in [3.05, 3.63) is 18.3 Å². The van der Waals surface area contributed by atoms with Gasteiger partial charge in [0.2, 0.25) is 10.0 Å². The zero-order valence-corrected chi connectivity index (χ0v) is 10.8. The number of nitrogens with zero attached hydrogens (tertiary/aromatic N) is 1. The van der Waals surface area contributed by atoms with Gasteiger partial charge in [0.15, 0.2) is 5.82 Å². The van der Waals surface area contributed by atoms with E-state index in [4.69, 9.17) is 5.84 Å². The van der Waals surface area contributed by atoms with Crippen molar-refractivity contribution in [3.8, 4) is 0 Å². The van der Waals surface area contributed by atoms with Crippen LogP contribution in [-0.2, 0) is 10.0 Å². The molecule has 1 heterocycles. The molecule has 0 saturated carbocycles. The maximum Gasteiger partial charge on any atom is 0.244 e. The Hall–Kier alpha value is -1.18. The van der Waals surface area contributed by atoms with E-state index in [1.165, 1.54) is 12.3 Å². The van der Waals surface area contributed by atoms with E-state index in [0.29, 0.717) is 12.5 Å². The van der Waals surface area contributed by atoms with Crippen LogP contribution in [0.1, 0.15) is 20.3 Å². The van der Waals surface area contributed by atoms with E-state index in [1.807, 2.05) is 13.8 Å². The van der Waals surface area contributed by atoms with Crippen LogP contribution in [-0.4, -0.2) is 19.9 Å². The van der Waals surface area contributed by atoms with Gasteiger partial charge < -0.3 is 5.43 Å². The van der Waals surface area contributed by atoms with E-state index in [9.17, 15) is 8.42 Å². The second-order valence-electron chi connectivity index (χ2n) is 4.07. The van der Waals surface area contributed by atoms with Crippen LogP contribution in [0, 0.1) is 5.92 Å². The van der Waals surface area contributed by atoms with Crippen molar-refractivity contribution >= 4 is 15.8 Å². The number of nitrogens with two attached hydrogens (primary N) is 1. The minimum absolute atomic E-state index is 0.0613. The van der Waals surface area contributed by atoms with Gasteiger partial charge >= 0.3 is 0 Å². The van der Waals surface area contributed by atoms with Gasteiger partial charge in [-0.05, 0) is 24.5 Å². The van der Waals surface area contributed by atoms with Crippen molar-refractivity contribution in [2.24, 2.45) is 11.8 Å². The van der Waals surface area contributed by atoms with Crippen LogP contribution >= 0.6 is 0 Å². The van der Waals surface area contributed by atoms with Crippen LogP contribution in [0.4, 0.5) is 5.82 Å². The summed E-state index contributed by atoms with van der Waals surface area (Å²) in [7, 11) is -3.55. The SMILES string of the molecule is CC(C)CCNS(=O)(=O)c1cccnc1NN. The molecule has 4 N–H and O–H groups in total. The molecule has 0 aliphatic carbocycles. The number of pyridine rings is 1. The summed E-state index contributed by atoms with van der Waals surface area (Å²) in [6.45, 7) is 4.47. The molecule has 0 aromatic carbocycles. The maximum absolute atomic E-state index is 11.9. The largest absolute Gasteiger partial charge is 0.307 e. The number of rotatable bonds is 6. The summed E-state index contributed by atoms with van der Waals surface area (Å²) < 4.78 is 26.4. The van der Waals surface area contributed by atoms with Gasteiger partial charge in [0.25, 0.3) is 0 Å². The fourth-order valence-corrected chi connectivity index (χ4v) is 2.44. The van der Waals surface area contributed by atoms with Crippen LogP contribution in [0.3, 0.4) is 0 Å². The highest BCUT2D eigenvalue weighted by molar-refractivity contribution is 7.89. The van der Waals surface area contributed by atoms with Crippen molar-refractivity contribution in [1.29, 1.82) is 0 Å². The van der Waals surface area contributed by atoms with Crippen LogP contribution in [0.5, 0.6) is 0 Å². The molecule has 0 aliphatic heterocycles. The topological polar surface area (TPSA) is 97.1 Å². The molecule has 0 spiro atoms. The van der Waals surface area contributed by atoms with Crippen LogP contribution in [0.15, 0.2) is 23.2 Å². The molecular formula is C10H18N4O2S. The second kappa shape index (κ2) is 5.95. The highest BCUT2D eigenvalue weighted by Crippen LogP contribution is 2.16. The Morgan fingerprint density at radius 3 is 2.76 bits per heavy atom.